The van der Waals surface area contributed by atoms with Crippen LogP contribution in [0.25, 0.3) is 0 Å². The number of nitrogens with one attached hydrogen (secondary N) is 1. The Kier molecular flexibility index (Phi) is 7.81. The molecule has 19 heavy (non-hydrogen) atoms. The number of hydrogen-bond donors (Lipinski definition) is 1. The molecule has 108 valence electrons. The van der Waals surface area contributed by atoms with Gasteiger partial charge >= 0.3 is 6.03 Å². The van der Waals surface area contributed by atoms with E-state index in [0.717, 1.165) is 17.0 Å². The molecule has 1 aromatic rings. The van der Waals surface area contributed by atoms with Crippen LogP contribution in [0.3, 0.4) is 0 Å². The van der Waals surface area contributed by atoms with E-state index in [9.17, 15) is 4.79 Å². The second-order valence-electron chi connectivity index (χ2n) is 3.74. The molecule has 0 spiro atoms. The average Bonchev–Trinajstić information content (AvgIpc) is 2.90. The number of urea groups is 1. The normalized spacial score (nSPS) is 10.5. The molecule has 1 heterocycles. The van der Waals surface area contributed by atoms with Gasteiger partial charge in [0.25, 0.3) is 0 Å². The van der Waals surface area contributed by atoms with Crippen molar-refractivity contribution in [1.29, 1.82) is 0 Å². The molecule has 0 fully saturated rings. The number of nitrogens with zero attached hydrogens (tertiary/aromatic N) is 1. The third kappa shape index (κ3) is 4.99. The zero-order chi connectivity index (χ0) is 14.1. The van der Waals surface area contributed by atoms with Crippen molar-refractivity contribution in [2.45, 2.75) is 13.3 Å². The van der Waals surface area contributed by atoms with E-state index < -0.39 is 0 Å². The summed E-state index contributed by atoms with van der Waals surface area (Å²) in [5.41, 5.74) is 0.890. The summed E-state index contributed by atoms with van der Waals surface area (Å²) in [4.78, 5) is 16.7. The number of rotatable bonds is 8. The van der Waals surface area contributed by atoms with Crippen molar-refractivity contribution >= 4 is 34.8 Å². The molecule has 1 N–H and O–H groups in total. The summed E-state index contributed by atoms with van der Waals surface area (Å²) in [5, 5.41) is 1.97. The van der Waals surface area contributed by atoms with Gasteiger partial charge in [-0.25, -0.2) is 9.63 Å². The third-order valence-corrected chi connectivity index (χ3v) is 3.77. The Balaban J connectivity index is 2.60. The highest BCUT2D eigenvalue weighted by Crippen LogP contribution is 2.26. The number of halogens is 1. The maximum Gasteiger partial charge on any atom is 0.336 e. The molecule has 7 heteroatoms. The van der Waals surface area contributed by atoms with Gasteiger partial charge in [0, 0.05) is 23.8 Å². The number of hydrogen-bond acceptors (Lipinski definition) is 4. The van der Waals surface area contributed by atoms with Gasteiger partial charge in [0.1, 0.15) is 0 Å². The van der Waals surface area contributed by atoms with Gasteiger partial charge < -0.3 is 9.47 Å². The summed E-state index contributed by atoms with van der Waals surface area (Å²) in [5.74, 6) is 0. The molecule has 0 aliphatic carbocycles. The molecule has 1 rings (SSSR count). The van der Waals surface area contributed by atoms with Gasteiger partial charge in [0.2, 0.25) is 0 Å². The van der Waals surface area contributed by atoms with Crippen LogP contribution < -0.4 is 9.74 Å². The molecule has 1 aromatic heterocycles. The van der Waals surface area contributed by atoms with Gasteiger partial charge in [-0.05, 0) is 17.9 Å². The van der Waals surface area contributed by atoms with Gasteiger partial charge in [0.15, 0.2) is 0 Å². The van der Waals surface area contributed by atoms with Crippen molar-refractivity contribution in [3.8, 4) is 0 Å². The van der Waals surface area contributed by atoms with Crippen LogP contribution in [0, 0.1) is 0 Å². The summed E-state index contributed by atoms with van der Waals surface area (Å²) in [7, 11) is 1.62. The van der Waals surface area contributed by atoms with Crippen molar-refractivity contribution < 1.29 is 14.3 Å². The van der Waals surface area contributed by atoms with Gasteiger partial charge in [-0.15, -0.1) is 11.3 Å². The molecule has 0 aliphatic heterocycles. The fraction of sp³-hybridized carbons (Fsp3) is 0.583. The van der Waals surface area contributed by atoms with Crippen molar-refractivity contribution in [2.24, 2.45) is 0 Å². The topological polar surface area (TPSA) is 50.8 Å². The minimum absolute atomic E-state index is 0.342. The minimum Gasteiger partial charge on any atom is -0.382 e. The molecule has 0 radical (unpaired) electrons. The number of thiophene rings is 1. The molecule has 0 atom stereocenters. The maximum atomic E-state index is 11.8. The quantitative estimate of drug-likeness (QED) is 0.593. The second kappa shape index (κ2) is 9.14. The van der Waals surface area contributed by atoms with E-state index in [-0.39, 0.29) is 6.03 Å². The smallest absolute Gasteiger partial charge is 0.336 e. The molecular formula is C12H19ClN2O3S. The lowest BCUT2D eigenvalue weighted by Crippen LogP contribution is -2.38. The van der Waals surface area contributed by atoms with Gasteiger partial charge in [-0.3, -0.25) is 4.90 Å². The van der Waals surface area contributed by atoms with Crippen molar-refractivity contribution in [3.05, 3.63) is 16.3 Å². The predicted octanol–water partition coefficient (Wildman–Crippen LogP) is 2.64. The molecular weight excluding hydrogens is 288 g/mol. The number of amides is 2. The zero-order valence-electron chi connectivity index (χ0n) is 11.1. The summed E-state index contributed by atoms with van der Waals surface area (Å²) >= 11 is 7.05. The number of carbonyl (C=O) groups excluding carboxylic acids is 1. The maximum absolute atomic E-state index is 11.8. The molecule has 2 amide bonds. The summed E-state index contributed by atoms with van der Waals surface area (Å²) in [6.07, 6.45) is 0.879. The largest absolute Gasteiger partial charge is 0.382 e. The first kappa shape index (κ1) is 16.2. The number of ether oxygens (including phenoxy) is 2. The standard InChI is InChI=1S/C12H19ClN2O3S/c1-3-11-10(4-9-19-11)15(12(16)14-13)5-6-18-8-7-17-2/h4,9H,3,5-8H2,1-2H3,(H,14,16). The number of carbonyl (C=O) groups is 1. The summed E-state index contributed by atoms with van der Waals surface area (Å²) < 4.78 is 10.3. The summed E-state index contributed by atoms with van der Waals surface area (Å²) in [6.45, 7) is 4.00. The molecule has 5 nitrogen and oxygen atoms in total. The van der Waals surface area contributed by atoms with Crippen LogP contribution >= 0.6 is 23.1 Å². The molecule has 0 bridgehead atoms. The number of methoxy groups -OCH3 is 1. The Bertz CT molecular complexity index is 387. The van der Waals surface area contributed by atoms with Crippen LogP contribution in [0.4, 0.5) is 10.5 Å². The highest BCUT2D eigenvalue weighted by Gasteiger charge is 2.18. The molecule has 0 saturated carbocycles. The Hall–Kier alpha value is -0.820. The van der Waals surface area contributed by atoms with E-state index in [2.05, 4.69) is 11.8 Å². The Morgan fingerprint density at radius 1 is 1.47 bits per heavy atom. The van der Waals surface area contributed by atoms with E-state index in [0.29, 0.717) is 26.4 Å². The minimum atomic E-state index is -0.342. The van der Waals surface area contributed by atoms with Crippen LogP contribution in [0.5, 0.6) is 0 Å². The zero-order valence-corrected chi connectivity index (χ0v) is 12.7. The summed E-state index contributed by atoms with van der Waals surface area (Å²) in [6, 6.07) is 1.58. The average molecular weight is 307 g/mol. The lowest BCUT2D eigenvalue weighted by atomic mass is 10.3. The molecule has 0 saturated heterocycles. The SMILES string of the molecule is CCc1sccc1N(CCOCCOC)C(=O)NCl. The van der Waals surface area contributed by atoms with Crippen LogP contribution in [0.1, 0.15) is 11.8 Å². The molecule has 0 unspecified atom stereocenters. The fourth-order valence-corrected chi connectivity index (χ4v) is 2.55. The van der Waals surface area contributed by atoms with Crippen LogP contribution in [0.2, 0.25) is 0 Å². The predicted molar refractivity (Wildman–Crippen MR) is 78.1 cm³/mol. The van der Waals surface area contributed by atoms with Crippen molar-refractivity contribution in [3.63, 3.8) is 0 Å². The van der Waals surface area contributed by atoms with Gasteiger partial charge in [-0.1, -0.05) is 6.92 Å². The molecule has 0 aliphatic rings. The first-order chi connectivity index (χ1) is 9.24. The van der Waals surface area contributed by atoms with Gasteiger partial charge in [0.05, 0.1) is 32.1 Å². The van der Waals surface area contributed by atoms with Crippen LogP contribution in [-0.4, -0.2) is 39.5 Å². The third-order valence-electron chi connectivity index (χ3n) is 2.55. The second-order valence-corrected chi connectivity index (χ2v) is 4.93. The van der Waals surface area contributed by atoms with E-state index in [1.54, 1.807) is 23.3 Å². The Morgan fingerprint density at radius 2 is 2.26 bits per heavy atom. The van der Waals surface area contributed by atoms with Crippen molar-refractivity contribution in [1.82, 2.24) is 4.84 Å². The first-order valence-corrected chi connectivity index (χ1v) is 7.31. The first-order valence-electron chi connectivity index (χ1n) is 6.05. The van der Waals surface area contributed by atoms with Crippen LogP contribution in [0.15, 0.2) is 11.4 Å². The van der Waals surface area contributed by atoms with Gasteiger partial charge in [-0.2, -0.15) is 0 Å². The van der Waals surface area contributed by atoms with E-state index >= 15 is 0 Å². The van der Waals surface area contributed by atoms with Crippen molar-refractivity contribution in [2.75, 3.05) is 38.4 Å². The number of aryl methyl sites for hydroxylation is 1. The molecule has 0 aromatic carbocycles. The van der Waals surface area contributed by atoms with E-state index in [1.165, 1.54) is 0 Å². The highest BCUT2D eigenvalue weighted by atomic mass is 35.5. The fourth-order valence-electron chi connectivity index (χ4n) is 1.62. The Morgan fingerprint density at radius 3 is 2.89 bits per heavy atom. The van der Waals surface area contributed by atoms with E-state index in [1.807, 2.05) is 11.4 Å². The van der Waals surface area contributed by atoms with E-state index in [4.69, 9.17) is 21.3 Å². The lowest BCUT2D eigenvalue weighted by Gasteiger charge is -2.21. The highest BCUT2D eigenvalue weighted by molar-refractivity contribution is 7.10. The Labute approximate surface area is 122 Å². The number of anilines is 1. The lowest BCUT2D eigenvalue weighted by molar-refractivity contribution is 0.0744. The van der Waals surface area contributed by atoms with Crippen LogP contribution in [-0.2, 0) is 15.9 Å². The monoisotopic (exact) mass is 306 g/mol.